The molecule has 5 heteroatoms. The fourth-order valence-corrected chi connectivity index (χ4v) is 5.15. The van der Waals surface area contributed by atoms with Crippen molar-refractivity contribution < 1.29 is 13.4 Å². The standard InChI is InChI=1S/C15H21BrN2OS/c1-17(9-5-3-4-6-10-17)18(2)15(19)13-8-7-12(16)11-14(13)20-18/h7-8,11H,3-6,9-10H2,1-2H3/q+2. The third-order valence-electron chi connectivity index (χ3n) is 4.78. The van der Waals surface area contributed by atoms with E-state index in [1.165, 1.54) is 25.7 Å². The summed E-state index contributed by atoms with van der Waals surface area (Å²) >= 11 is 5.21. The monoisotopic (exact) mass is 356 g/mol. The molecule has 2 heterocycles. The average Bonchev–Trinajstić information content (AvgIpc) is 2.57. The van der Waals surface area contributed by atoms with Gasteiger partial charge >= 0.3 is 5.91 Å². The first-order valence-corrected chi connectivity index (χ1v) is 8.78. The van der Waals surface area contributed by atoms with Crippen molar-refractivity contribution >= 4 is 33.8 Å². The number of fused-ring (bicyclic) bond motifs is 1. The number of likely N-dealkylation sites (tertiary alicyclic amines) is 1. The minimum Gasteiger partial charge on any atom is -0.219 e. The molecule has 1 saturated heterocycles. The lowest BCUT2D eigenvalue weighted by molar-refractivity contribution is -1.39. The number of benzene rings is 1. The highest BCUT2D eigenvalue weighted by Gasteiger charge is 2.57. The molecule has 0 bridgehead atoms. The molecule has 3 rings (SSSR count). The zero-order chi connectivity index (χ0) is 14.4. The van der Waals surface area contributed by atoms with E-state index in [4.69, 9.17) is 0 Å². The summed E-state index contributed by atoms with van der Waals surface area (Å²) in [5.41, 5.74) is 0.879. The van der Waals surface area contributed by atoms with Gasteiger partial charge in [-0.05, 0) is 35.0 Å². The number of nitrogens with zero attached hydrogens (tertiary/aromatic N) is 2. The predicted molar refractivity (Wildman–Crippen MR) is 84.9 cm³/mol. The molecular formula is C15H21BrN2OS+2. The maximum absolute atomic E-state index is 13.0. The SMILES string of the molecule is C[N+]1([N+]2(C)Sc3cc(Br)ccc3C2=O)CCCCCC1. The number of carbonyl (C=O) groups is 1. The third-order valence-corrected chi connectivity index (χ3v) is 6.72. The van der Waals surface area contributed by atoms with Gasteiger partial charge in [-0.15, -0.1) is 0 Å². The number of halogens is 1. The smallest absolute Gasteiger partial charge is 0.219 e. The van der Waals surface area contributed by atoms with Crippen LogP contribution in [-0.2, 0) is 0 Å². The van der Waals surface area contributed by atoms with Crippen LogP contribution in [-0.4, -0.2) is 41.7 Å². The normalized spacial score (nSPS) is 29.1. The molecule has 0 spiro atoms. The molecule has 20 heavy (non-hydrogen) atoms. The molecule has 1 unspecified atom stereocenters. The Morgan fingerprint density at radius 1 is 1.10 bits per heavy atom. The largest absolute Gasteiger partial charge is 0.406 e. The van der Waals surface area contributed by atoms with Crippen molar-refractivity contribution in [1.82, 2.24) is 0 Å². The maximum Gasteiger partial charge on any atom is 0.406 e. The van der Waals surface area contributed by atoms with Gasteiger partial charge in [-0.25, -0.2) is 4.79 Å². The molecule has 108 valence electrons. The van der Waals surface area contributed by atoms with E-state index in [0.717, 1.165) is 32.6 Å². The van der Waals surface area contributed by atoms with Crippen LogP contribution in [0.3, 0.4) is 0 Å². The van der Waals surface area contributed by atoms with Crippen LogP contribution in [0.1, 0.15) is 36.0 Å². The predicted octanol–water partition coefficient (Wildman–Crippen LogP) is 3.99. The van der Waals surface area contributed by atoms with Crippen molar-refractivity contribution in [1.29, 1.82) is 0 Å². The second kappa shape index (κ2) is 5.13. The Morgan fingerprint density at radius 2 is 1.75 bits per heavy atom. The van der Waals surface area contributed by atoms with Crippen LogP contribution in [0.15, 0.2) is 27.6 Å². The Balaban J connectivity index is 1.99. The molecule has 2 aliphatic heterocycles. The molecule has 1 aromatic rings. The van der Waals surface area contributed by atoms with Crippen LogP contribution in [0.25, 0.3) is 0 Å². The molecule has 0 aromatic heterocycles. The molecular weight excluding hydrogens is 336 g/mol. The van der Waals surface area contributed by atoms with Gasteiger partial charge < -0.3 is 0 Å². The van der Waals surface area contributed by atoms with Gasteiger partial charge in [-0.1, -0.05) is 15.9 Å². The molecule has 3 nitrogen and oxygen atoms in total. The minimum atomic E-state index is 0.252. The summed E-state index contributed by atoms with van der Waals surface area (Å²) in [6.45, 7) is 2.18. The fourth-order valence-electron chi connectivity index (χ4n) is 3.27. The number of carbonyl (C=O) groups excluding carboxylic acids is 1. The van der Waals surface area contributed by atoms with Gasteiger partial charge in [0.15, 0.2) is 11.9 Å². The van der Waals surface area contributed by atoms with E-state index in [0.29, 0.717) is 4.00 Å². The zero-order valence-electron chi connectivity index (χ0n) is 12.1. The second-order valence-corrected chi connectivity index (χ2v) is 8.37. The Morgan fingerprint density at radius 3 is 2.40 bits per heavy atom. The van der Waals surface area contributed by atoms with Crippen LogP contribution in [0.2, 0.25) is 0 Å². The molecule has 1 fully saturated rings. The quantitative estimate of drug-likeness (QED) is 0.558. The van der Waals surface area contributed by atoms with Gasteiger partial charge in [0.1, 0.15) is 32.7 Å². The molecule has 1 atom stereocenters. The average molecular weight is 357 g/mol. The van der Waals surface area contributed by atoms with Crippen LogP contribution >= 0.6 is 27.9 Å². The molecule has 1 aromatic carbocycles. The van der Waals surface area contributed by atoms with E-state index < -0.39 is 0 Å². The maximum atomic E-state index is 13.0. The van der Waals surface area contributed by atoms with E-state index in [2.05, 4.69) is 36.1 Å². The van der Waals surface area contributed by atoms with Crippen LogP contribution in [0, 0.1) is 0 Å². The lowest BCUT2D eigenvalue weighted by Gasteiger charge is -2.42. The summed E-state index contributed by atoms with van der Waals surface area (Å²) in [5.74, 6) is 0.252. The van der Waals surface area contributed by atoms with Crippen molar-refractivity contribution in [3.63, 3.8) is 0 Å². The van der Waals surface area contributed by atoms with Crippen molar-refractivity contribution in [2.75, 3.05) is 27.2 Å². The van der Waals surface area contributed by atoms with Crippen molar-refractivity contribution in [2.24, 2.45) is 0 Å². The Kier molecular flexibility index (Phi) is 3.73. The Bertz CT molecular complexity index is 555. The van der Waals surface area contributed by atoms with E-state index >= 15 is 0 Å². The summed E-state index contributed by atoms with van der Waals surface area (Å²) < 4.78 is 2.28. The first kappa shape index (κ1) is 14.6. The molecule has 0 aliphatic carbocycles. The summed E-state index contributed by atoms with van der Waals surface area (Å²) in [6, 6.07) is 6.00. The highest BCUT2D eigenvalue weighted by atomic mass is 79.9. The number of rotatable bonds is 1. The third kappa shape index (κ3) is 2.15. The molecule has 0 saturated carbocycles. The highest BCUT2D eigenvalue weighted by molar-refractivity contribution is 9.10. The van der Waals surface area contributed by atoms with Crippen molar-refractivity contribution in [2.45, 2.75) is 30.6 Å². The van der Waals surface area contributed by atoms with Crippen LogP contribution < -0.4 is 0 Å². The van der Waals surface area contributed by atoms with Gasteiger partial charge in [0, 0.05) is 17.3 Å². The summed E-state index contributed by atoms with van der Waals surface area (Å²) in [4.78, 5) is 14.1. The number of hydrogen-bond donors (Lipinski definition) is 0. The van der Waals surface area contributed by atoms with Gasteiger partial charge in [0.25, 0.3) is 0 Å². The second-order valence-electron chi connectivity index (χ2n) is 6.12. The highest BCUT2D eigenvalue weighted by Crippen LogP contribution is 2.47. The summed E-state index contributed by atoms with van der Waals surface area (Å²) in [7, 11) is 4.34. The van der Waals surface area contributed by atoms with Crippen molar-refractivity contribution in [3.05, 3.63) is 28.2 Å². The fraction of sp³-hybridized carbons (Fsp3) is 0.533. The molecule has 2 aliphatic rings. The first-order chi connectivity index (χ1) is 9.46. The topological polar surface area (TPSA) is 17.1 Å². The summed E-state index contributed by atoms with van der Waals surface area (Å²) in [6.07, 6.45) is 5.03. The van der Waals surface area contributed by atoms with Gasteiger partial charge in [0.05, 0.1) is 4.90 Å². The van der Waals surface area contributed by atoms with E-state index in [-0.39, 0.29) is 5.91 Å². The lowest BCUT2D eigenvalue weighted by atomic mass is 10.2. The first-order valence-electron chi connectivity index (χ1n) is 7.22. The van der Waals surface area contributed by atoms with Crippen LogP contribution in [0.5, 0.6) is 0 Å². The summed E-state index contributed by atoms with van der Waals surface area (Å²) in [5, 5.41) is 0. The Hall–Kier alpha value is -0.360. The molecule has 0 N–H and O–H groups in total. The van der Waals surface area contributed by atoms with Crippen molar-refractivity contribution in [3.8, 4) is 0 Å². The number of hydrogen-bond acceptors (Lipinski definition) is 2. The Labute approximate surface area is 133 Å². The van der Waals surface area contributed by atoms with Gasteiger partial charge in [-0.3, -0.25) is 0 Å². The minimum absolute atomic E-state index is 0.252. The van der Waals surface area contributed by atoms with Gasteiger partial charge in [-0.2, -0.15) is 4.59 Å². The lowest BCUT2D eigenvalue weighted by Crippen LogP contribution is -2.66. The molecule has 0 radical (unpaired) electrons. The van der Waals surface area contributed by atoms with Gasteiger partial charge in [0.2, 0.25) is 0 Å². The van der Waals surface area contributed by atoms with Crippen LogP contribution in [0.4, 0.5) is 0 Å². The number of quaternary nitrogens is 2. The van der Waals surface area contributed by atoms with E-state index in [9.17, 15) is 4.79 Å². The molecule has 1 amide bonds. The number of amides is 1. The zero-order valence-corrected chi connectivity index (χ0v) is 14.5. The van der Waals surface area contributed by atoms with E-state index in [1.807, 2.05) is 12.1 Å². The van der Waals surface area contributed by atoms with E-state index in [1.54, 1.807) is 11.9 Å².